The van der Waals surface area contributed by atoms with Gasteiger partial charge in [-0.2, -0.15) is 13.2 Å². The van der Waals surface area contributed by atoms with E-state index in [0.717, 1.165) is 12.4 Å². The summed E-state index contributed by atoms with van der Waals surface area (Å²) < 4.78 is 37.4. The molecule has 10 heteroatoms. The molecule has 106 valence electrons. The summed E-state index contributed by atoms with van der Waals surface area (Å²) in [6.45, 7) is 0. The number of rotatable bonds is 2. The van der Waals surface area contributed by atoms with Crippen LogP contribution in [0, 0.1) is 0 Å². The summed E-state index contributed by atoms with van der Waals surface area (Å²) in [7, 11) is 0. The molecule has 0 amide bonds. The van der Waals surface area contributed by atoms with Gasteiger partial charge in [-0.05, 0) is 6.07 Å². The van der Waals surface area contributed by atoms with Gasteiger partial charge in [-0.15, -0.1) is 0 Å². The highest BCUT2D eigenvalue weighted by Gasteiger charge is 2.31. The Bertz CT molecular complexity index is 645. The predicted octanol–water partition coefficient (Wildman–Crippen LogP) is 2.45. The molecule has 0 spiro atoms. The van der Waals surface area contributed by atoms with Gasteiger partial charge in [0.15, 0.2) is 11.6 Å². The normalized spacial score (nSPS) is 11.4. The summed E-state index contributed by atoms with van der Waals surface area (Å²) in [5.74, 6) is 0.113. The monoisotopic (exact) mass is 304 g/mol. The van der Waals surface area contributed by atoms with E-state index in [4.69, 9.17) is 23.1 Å². The number of alkyl halides is 3. The van der Waals surface area contributed by atoms with Gasteiger partial charge in [0.1, 0.15) is 17.8 Å². The molecule has 0 unspecified atom stereocenters. The SMILES string of the molecule is Nc1ncnc(Nc2ncc(C(F)(F)F)cc2Cl)c1N. The molecule has 2 aromatic heterocycles. The summed E-state index contributed by atoms with van der Waals surface area (Å²) in [5.41, 5.74) is 10.2. The number of nitrogens with two attached hydrogens (primary N) is 2. The first-order chi connectivity index (χ1) is 9.29. The van der Waals surface area contributed by atoms with Gasteiger partial charge < -0.3 is 16.8 Å². The van der Waals surface area contributed by atoms with Crippen molar-refractivity contribution in [3.8, 4) is 0 Å². The second kappa shape index (κ2) is 5.00. The highest BCUT2D eigenvalue weighted by molar-refractivity contribution is 6.33. The smallest absolute Gasteiger partial charge is 0.393 e. The van der Waals surface area contributed by atoms with Crippen LogP contribution >= 0.6 is 11.6 Å². The molecular weight excluding hydrogens is 297 g/mol. The second-order valence-corrected chi connectivity index (χ2v) is 4.11. The average Bonchev–Trinajstić information content (AvgIpc) is 2.36. The Labute approximate surface area is 116 Å². The molecule has 2 rings (SSSR count). The zero-order chi connectivity index (χ0) is 14.9. The second-order valence-electron chi connectivity index (χ2n) is 3.70. The highest BCUT2D eigenvalue weighted by Crippen LogP contribution is 2.33. The van der Waals surface area contributed by atoms with Crippen molar-refractivity contribution in [2.24, 2.45) is 0 Å². The predicted molar refractivity (Wildman–Crippen MR) is 68.4 cm³/mol. The van der Waals surface area contributed by atoms with Crippen LogP contribution in [0.15, 0.2) is 18.6 Å². The Balaban J connectivity index is 2.33. The Morgan fingerprint density at radius 1 is 1.10 bits per heavy atom. The number of nitrogens with zero attached hydrogens (tertiary/aromatic N) is 3. The van der Waals surface area contributed by atoms with E-state index in [1.165, 1.54) is 0 Å². The molecule has 0 radical (unpaired) electrons. The number of hydrogen-bond acceptors (Lipinski definition) is 6. The quantitative estimate of drug-likeness (QED) is 0.787. The Morgan fingerprint density at radius 2 is 1.80 bits per heavy atom. The number of halogens is 4. The molecule has 0 atom stereocenters. The third-order valence-corrected chi connectivity index (χ3v) is 2.61. The van der Waals surface area contributed by atoms with Gasteiger partial charge in [0.2, 0.25) is 0 Å². The molecule has 0 aliphatic carbocycles. The summed E-state index contributed by atoms with van der Waals surface area (Å²) >= 11 is 5.74. The van der Waals surface area contributed by atoms with Crippen LogP contribution in [0.2, 0.25) is 5.02 Å². The number of nitrogens with one attached hydrogen (secondary N) is 1. The summed E-state index contributed by atoms with van der Waals surface area (Å²) in [4.78, 5) is 11.0. The Kier molecular flexibility index (Phi) is 3.53. The van der Waals surface area contributed by atoms with Crippen molar-refractivity contribution in [2.45, 2.75) is 6.18 Å². The molecule has 2 aromatic rings. The Hall–Kier alpha value is -2.29. The average molecular weight is 305 g/mol. The zero-order valence-corrected chi connectivity index (χ0v) is 10.5. The number of anilines is 4. The van der Waals surface area contributed by atoms with Gasteiger partial charge in [0, 0.05) is 6.20 Å². The van der Waals surface area contributed by atoms with Gasteiger partial charge in [-0.3, -0.25) is 0 Å². The van der Waals surface area contributed by atoms with Crippen molar-refractivity contribution in [1.82, 2.24) is 15.0 Å². The van der Waals surface area contributed by atoms with Crippen LogP contribution in [0.5, 0.6) is 0 Å². The van der Waals surface area contributed by atoms with Gasteiger partial charge in [-0.1, -0.05) is 11.6 Å². The van der Waals surface area contributed by atoms with E-state index in [9.17, 15) is 13.2 Å². The molecular formula is C10H8ClF3N6. The minimum atomic E-state index is -4.52. The van der Waals surface area contributed by atoms with E-state index in [0.29, 0.717) is 6.20 Å². The van der Waals surface area contributed by atoms with Crippen LogP contribution in [0.3, 0.4) is 0 Å². The summed E-state index contributed by atoms with van der Waals surface area (Å²) in [5, 5.41) is 2.37. The number of pyridine rings is 1. The molecule has 0 aromatic carbocycles. The third-order valence-electron chi connectivity index (χ3n) is 2.32. The van der Waals surface area contributed by atoms with Crippen LogP contribution in [-0.2, 0) is 6.18 Å². The van der Waals surface area contributed by atoms with Crippen molar-refractivity contribution < 1.29 is 13.2 Å². The molecule has 0 saturated heterocycles. The van der Waals surface area contributed by atoms with Gasteiger partial charge in [0.05, 0.1) is 10.6 Å². The lowest BCUT2D eigenvalue weighted by molar-refractivity contribution is -0.137. The molecule has 5 N–H and O–H groups in total. The Morgan fingerprint density at radius 3 is 2.40 bits per heavy atom. The fourth-order valence-corrected chi connectivity index (χ4v) is 1.52. The van der Waals surface area contributed by atoms with E-state index < -0.39 is 11.7 Å². The van der Waals surface area contributed by atoms with Crippen molar-refractivity contribution in [2.75, 3.05) is 16.8 Å². The fourth-order valence-electron chi connectivity index (χ4n) is 1.31. The lowest BCUT2D eigenvalue weighted by Gasteiger charge is -2.11. The lowest BCUT2D eigenvalue weighted by atomic mass is 10.3. The molecule has 0 aliphatic rings. The number of nitrogen functional groups attached to an aromatic ring is 2. The van der Waals surface area contributed by atoms with Crippen LogP contribution in [0.25, 0.3) is 0 Å². The first-order valence-corrected chi connectivity index (χ1v) is 5.52. The molecule has 0 aliphatic heterocycles. The van der Waals surface area contributed by atoms with Crippen molar-refractivity contribution in [3.05, 3.63) is 29.2 Å². The van der Waals surface area contributed by atoms with E-state index in [-0.39, 0.29) is 28.2 Å². The van der Waals surface area contributed by atoms with Crippen molar-refractivity contribution in [3.63, 3.8) is 0 Å². The topological polar surface area (TPSA) is 103 Å². The third kappa shape index (κ3) is 2.82. The van der Waals surface area contributed by atoms with Crippen LogP contribution in [0.1, 0.15) is 5.56 Å². The maximum Gasteiger partial charge on any atom is 0.417 e. The number of aromatic nitrogens is 3. The standard InChI is InChI=1S/C10H8ClF3N6/c11-5-1-4(10(12,13)14)2-17-8(5)20-9-6(15)7(16)18-3-19-9/h1-3H,15H2,(H3,16,17,18,19,20). The summed E-state index contributed by atoms with van der Waals surface area (Å²) in [6.07, 6.45) is -2.73. The van der Waals surface area contributed by atoms with E-state index in [1.807, 2.05) is 0 Å². The first kappa shape index (κ1) is 14.1. The van der Waals surface area contributed by atoms with Gasteiger partial charge in [-0.25, -0.2) is 15.0 Å². The van der Waals surface area contributed by atoms with Crippen LogP contribution in [-0.4, -0.2) is 15.0 Å². The fraction of sp³-hybridized carbons (Fsp3) is 0.100. The van der Waals surface area contributed by atoms with E-state index >= 15 is 0 Å². The van der Waals surface area contributed by atoms with Crippen molar-refractivity contribution >= 4 is 34.7 Å². The van der Waals surface area contributed by atoms with Crippen molar-refractivity contribution in [1.29, 1.82) is 0 Å². The van der Waals surface area contributed by atoms with E-state index in [1.54, 1.807) is 0 Å². The highest BCUT2D eigenvalue weighted by atomic mass is 35.5. The van der Waals surface area contributed by atoms with Gasteiger partial charge >= 0.3 is 6.18 Å². The van der Waals surface area contributed by atoms with Gasteiger partial charge in [0.25, 0.3) is 0 Å². The molecule has 2 heterocycles. The molecule has 20 heavy (non-hydrogen) atoms. The molecule has 0 bridgehead atoms. The maximum absolute atomic E-state index is 12.5. The zero-order valence-electron chi connectivity index (χ0n) is 9.74. The first-order valence-electron chi connectivity index (χ1n) is 5.14. The molecule has 0 fully saturated rings. The number of hydrogen-bond donors (Lipinski definition) is 3. The van der Waals surface area contributed by atoms with Crippen LogP contribution in [0.4, 0.5) is 36.3 Å². The molecule has 6 nitrogen and oxygen atoms in total. The largest absolute Gasteiger partial charge is 0.417 e. The maximum atomic E-state index is 12.5. The van der Waals surface area contributed by atoms with E-state index in [2.05, 4.69) is 20.3 Å². The summed E-state index contributed by atoms with van der Waals surface area (Å²) in [6, 6.07) is 0.748. The minimum absolute atomic E-state index is 0.0236. The lowest BCUT2D eigenvalue weighted by Crippen LogP contribution is -2.08. The van der Waals surface area contributed by atoms with Crippen LogP contribution < -0.4 is 16.8 Å². The minimum Gasteiger partial charge on any atom is -0.393 e. The molecule has 0 saturated carbocycles.